The van der Waals surface area contributed by atoms with Gasteiger partial charge in [0.2, 0.25) is 0 Å². The predicted octanol–water partition coefficient (Wildman–Crippen LogP) is 2.46. The molecule has 0 aliphatic carbocycles. The van der Waals surface area contributed by atoms with Crippen LogP contribution in [0, 0.1) is 0 Å². The van der Waals surface area contributed by atoms with Crippen LogP contribution in [0.4, 0.5) is 4.79 Å². The highest BCUT2D eigenvalue weighted by Gasteiger charge is 2.17. The minimum Gasteiger partial charge on any atom is -0.452 e. The second-order valence-electron chi connectivity index (χ2n) is 3.45. The summed E-state index contributed by atoms with van der Waals surface area (Å²) < 4.78 is 5.95. The minimum atomic E-state index is -0.550. The zero-order valence-electron chi connectivity index (χ0n) is 9.06. The lowest BCUT2D eigenvalue weighted by atomic mass is 10.2. The van der Waals surface area contributed by atoms with E-state index < -0.39 is 6.09 Å². The Morgan fingerprint density at radius 3 is 2.56 bits per heavy atom. The minimum absolute atomic E-state index is 0.165. The van der Waals surface area contributed by atoms with E-state index in [9.17, 15) is 9.59 Å². The highest BCUT2D eigenvalue weighted by atomic mass is 16.5. The highest BCUT2D eigenvalue weighted by molar-refractivity contribution is 6.03. The number of carbonyl (C=O) groups is 2. The number of carbonyl (C=O) groups excluding carboxylic acids is 2. The molecule has 82 valence electrons. The van der Waals surface area contributed by atoms with E-state index in [2.05, 4.69) is 4.74 Å². The molecule has 0 radical (unpaired) electrons. The van der Waals surface area contributed by atoms with E-state index in [1.54, 1.807) is 12.1 Å². The number of Topliss-reactive ketones (excluding diaryl/α,β-unsaturated/α-hetero) is 1. The molecule has 0 aliphatic heterocycles. The maximum atomic E-state index is 11.6. The van der Waals surface area contributed by atoms with Gasteiger partial charge < -0.3 is 4.74 Å². The summed E-state index contributed by atoms with van der Waals surface area (Å²) in [5, 5.41) is 0.845. The van der Waals surface area contributed by atoms with Crippen LogP contribution in [0.15, 0.2) is 30.3 Å². The average molecular weight is 217 g/mol. The van der Waals surface area contributed by atoms with Gasteiger partial charge in [-0.3, -0.25) is 4.79 Å². The predicted molar refractivity (Wildman–Crippen MR) is 59.7 cm³/mol. The summed E-state index contributed by atoms with van der Waals surface area (Å²) in [5.41, 5.74) is 1.02. The largest absolute Gasteiger partial charge is 0.452 e. The Balaban J connectivity index is 2.79. The summed E-state index contributed by atoms with van der Waals surface area (Å²) in [6.45, 7) is 1.42. The Morgan fingerprint density at radius 1 is 1.25 bits per heavy atom. The SMILES string of the molecule is COC(=O)n1c(C(C)=O)cc2ccccc21. The summed E-state index contributed by atoms with van der Waals surface area (Å²) in [5.74, 6) is -0.165. The van der Waals surface area contributed by atoms with Crippen molar-refractivity contribution in [2.45, 2.75) is 6.92 Å². The number of ketones is 1. The number of hydrogen-bond donors (Lipinski definition) is 0. The van der Waals surface area contributed by atoms with Gasteiger partial charge >= 0.3 is 6.09 Å². The Labute approximate surface area is 92.4 Å². The van der Waals surface area contributed by atoms with Crippen molar-refractivity contribution in [3.05, 3.63) is 36.0 Å². The second-order valence-corrected chi connectivity index (χ2v) is 3.45. The molecule has 0 atom stereocenters. The van der Waals surface area contributed by atoms with Crippen molar-refractivity contribution < 1.29 is 14.3 Å². The molecule has 1 heterocycles. The number of ether oxygens (including phenoxy) is 1. The van der Waals surface area contributed by atoms with Crippen LogP contribution in [-0.2, 0) is 4.74 Å². The molecule has 2 aromatic rings. The van der Waals surface area contributed by atoms with Crippen molar-refractivity contribution in [3.8, 4) is 0 Å². The van der Waals surface area contributed by atoms with E-state index in [1.807, 2.05) is 18.2 Å². The summed E-state index contributed by atoms with van der Waals surface area (Å²) in [7, 11) is 1.29. The average Bonchev–Trinajstić information content (AvgIpc) is 2.67. The summed E-state index contributed by atoms with van der Waals surface area (Å²) in [6.07, 6.45) is -0.550. The van der Waals surface area contributed by atoms with Gasteiger partial charge in [0.15, 0.2) is 5.78 Å². The van der Waals surface area contributed by atoms with Crippen molar-refractivity contribution in [2.75, 3.05) is 7.11 Å². The van der Waals surface area contributed by atoms with Crippen LogP contribution in [-0.4, -0.2) is 23.6 Å². The van der Waals surface area contributed by atoms with Gasteiger partial charge in [-0.1, -0.05) is 18.2 Å². The fraction of sp³-hybridized carbons (Fsp3) is 0.167. The molecule has 1 aromatic heterocycles. The molecule has 0 spiro atoms. The van der Waals surface area contributed by atoms with Crippen LogP contribution in [0.5, 0.6) is 0 Å². The zero-order chi connectivity index (χ0) is 11.7. The van der Waals surface area contributed by atoms with Gasteiger partial charge in [-0.15, -0.1) is 0 Å². The van der Waals surface area contributed by atoms with Gasteiger partial charge in [0.25, 0.3) is 0 Å². The number of para-hydroxylation sites is 1. The van der Waals surface area contributed by atoms with Crippen LogP contribution in [0.1, 0.15) is 17.4 Å². The fourth-order valence-electron chi connectivity index (χ4n) is 1.70. The maximum absolute atomic E-state index is 11.6. The van der Waals surface area contributed by atoms with Crippen LogP contribution < -0.4 is 0 Å². The number of hydrogen-bond acceptors (Lipinski definition) is 3. The number of nitrogens with zero attached hydrogens (tertiary/aromatic N) is 1. The molecule has 16 heavy (non-hydrogen) atoms. The highest BCUT2D eigenvalue weighted by Crippen LogP contribution is 2.20. The first-order valence-corrected chi connectivity index (χ1v) is 4.85. The number of methoxy groups -OCH3 is 1. The smallest absolute Gasteiger partial charge is 0.418 e. The molecule has 0 amide bonds. The lowest BCUT2D eigenvalue weighted by Gasteiger charge is -2.04. The summed E-state index contributed by atoms with van der Waals surface area (Å²) >= 11 is 0. The Bertz CT molecular complexity index is 569. The summed E-state index contributed by atoms with van der Waals surface area (Å²) in [4.78, 5) is 23.0. The molecule has 0 bridgehead atoms. The second kappa shape index (κ2) is 3.81. The van der Waals surface area contributed by atoms with E-state index >= 15 is 0 Å². The first kappa shape index (κ1) is 10.4. The number of aromatic nitrogens is 1. The third-order valence-corrected chi connectivity index (χ3v) is 2.43. The lowest BCUT2D eigenvalue weighted by molar-refractivity contribution is 0.100. The topological polar surface area (TPSA) is 48.3 Å². The van der Waals surface area contributed by atoms with Gasteiger partial charge in [-0.05, 0) is 12.1 Å². The Morgan fingerprint density at radius 2 is 1.94 bits per heavy atom. The molecule has 0 aliphatic rings. The van der Waals surface area contributed by atoms with E-state index in [0.717, 1.165) is 5.39 Å². The van der Waals surface area contributed by atoms with E-state index in [4.69, 9.17) is 0 Å². The van der Waals surface area contributed by atoms with Gasteiger partial charge in [0.05, 0.1) is 18.3 Å². The molecule has 1 aromatic carbocycles. The Hall–Kier alpha value is -2.10. The van der Waals surface area contributed by atoms with E-state index in [1.165, 1.54) is 18.6 Å². The molecule has 2 rings (SSSR count). The monoisotopic (exact) mass is 217 g/mol. The van der Waals surface area contributed by atoms with Crippen LogP contribution in [0.25, 0.3) is 10.9 Å². The van der Waals surface area contributed by atoms with Gasteiger partial charge in [0, 0.05) is 12.3 Å². The summed E-state index contributed by atoms with van der Waals surface area (Å²) in [6, 6.07) is 8.98. The van der Waals surface area contributed by atoms with Crippen molar-refractivity contribution >= 4 is 22.8 Å². The van der Waals surface area contributed by atoms with Crippen LogP contribution >= 0.6 is 0 Å². The van der Waals surface area contributed by atoms with Crippen LogP contribution in [0.3, 0.4) is 0 Å². The molecular formula is C12H11NO3. The molecule has 0 fully saturated rings. The molecule has 0 unspecified atom stereocenters. The number of fused-ring (bicyclic) bond motifs is 1. The molecular weight excluding hydrogens is 206 g/mol. The van der Waals surface area contributed by atoms with Gasteiger partial charge in [-0.25, -0.2) is 9.36 Å². The van der Waals surface area contributed by atoms with E-state index in [0.29, 0.717) is 11.2 Å². The third kappa shape index (κ3) is 1.48. The van der Waals surface area contributed by atoms with Crippen LogP contribution in [0.2, 0.25) is 0 Å². The van der Waals surface area contributed by atoms with Gasteiger partial charge in [-0.2, -0.15) is 0 Å². The standard InChI is InChI=1S/C12H11NO3/c1-8(14)11-7-9-5-3-4-6-10(9)13(11)12(15)16-2/h3-7H,1-2H3. The van der Waals surface area contributed by atoms with Crippen molar-refractivity contribution in [2.24, 2.45) is 0 Å². The van der Waals surface area contributed by atoms with Gasteiger partial charge in [0.1, 0.15) is 0 Å². The quantitative estimate of drug-likeness (QED) is 0.689. The molecule has 0 saturated carbocycles. The normalized spacial score (nSPS) is 10.4. The number of rotatable bonds is 1. The number of benzene rings is 1. The maximum Gasteiger partial charge on any atom is 0.418 e. The first-order valence-electron chi connectivity index (χ1n) is 4.85. The first-order chi connectivity index (χ1) is 7.65. The molecule has 4 nitrogen and oxygen atoms in total. The van der Waals surface area contributed by atoms with E-state index in [-0.39, 0.29) is 5.78 Å². The fourth-order valence-corrected chi connectivity index (χ4v) is 1.70. The van der Waals surface area contributed by atoms with Crippen molar-refractivity contribution in [1.82, 2.24) is 4.57 Å². The van der Waals surface area contributed by atoms with Crippen molar-refractivity contribution in [3.63, 3.8) is 0 Å². The molecule has 4 heteroatoms. The van der Waals surface area contributed by atoms with Crippen molar-refractivity contribution in [1.29, 1.82) is 0 Å². The third-order valence-electron chi connectivity index (χ3n) is 2.43. The Kier molecular flexibility index (Phi) is 2.48. The zero-order valence-corrected chi connectivity index (χ0v) is 9.06. The molecule has 0 saturated heterocycles. The lowest BCUT2D eigenvalue weighted by Crippen LogP contribution is -2.16. The molecule has 0 N–H and O–H groups in total.